The van der Waals surface area contributed by atoms with Gasteiger partial charge >= 0.3 is 0 Å². The van der Waals surface area contributed by atoms with Gasteiger partial charge in [0.1, 0.15) is 0 Å². The minimum Gasteiger partial charge on any atom is -0.312 e. The number of nitrogens with zero attached hydrogens (tertiary/aromatic N) is 2. The van der Waals surface area contributed by atoms with Gasteiger partial charge in [-0.15, -0.1) is 11.3 Å². The van der Waals surface area contributed by atoms with Gasteiger partial charge in [-0.2, -0.15) is 5.10 Å². The van der Waals surface area contributed by atoms with Crippen molar-refractivity contribution in [1.29, 1.82) is 0 Å². The standard InChI is InChI=1S/C13H17BrClN3S/c1-7-5-11(19-13(7)14)9(16-3)6-10-12(15)8(2)17-18(10)4/h5,9,16H,6H2,1-4H3. The first-order valence-electron chi connectivity index (χ1n) is 6.05. The number of rotatable bonds is 4. The SMILES string of the molecule is CNC(Cc1c(Cl)c(C)nn1C)c1cc(C)c(Br)s1. The molecule has 3 nitrogen and oxygen atoms in total. The molecule has 6 heteroatoms. The molecule has 0 aliphatic heterocycles. The quantitative estimate of drug-likeness (QED) is 0.890. The zero-order valence-corrected chi connectivity index (χ0v) is 14.6. The van der Waals surface area contributed by atoms with Gasteiger partial charge in [0.15, 0.2) is 0 Å². The number of nitrogens with one attached hydrogen (secondary N) is 1. The van der Waals surface area contributed by atoms with Gasteiger partial charge < -0.3 is 5.32 Å². The number of thiophene rings is 1. The Morgan fingerprint density at radius 1 is 1.53 bits per heavy atom. The molecule has 0 aliphatic rings. The normalized spacial score (nSPS) is 12.9. The number of hydrogen-bond acceptors (Lipinski definition) is 3. The molecule has 2 aromatic heterocycles. The molecule has 0 saturated heterocycles. The Kier molecular flexibility index (Phi) is 4.71. The molecule has 1 atom stereocenters. The predicted octanol–water partition coefficient (Wildman–Crippen LogP) is 4.02. The fraction of sp³-hybridized carbons (Fsp3) is 0.462. The van der Waals surface area contributed by atoms with Crippen LogP contribution in [0.1, 0.15) is 27.9 Å². The van der Waals surface area contributed by atoms with Crippen LogP contribution in [0.2, 0.25) is 5.02 Å². The Morgan fingerprint density at radius 3 is 2.63 bits per heavy atom. The minimum absolute atomic E-state index is 0.252. The number of hydrogen-bond donors (Lipinski definition) is 1. The summed E-state index contributed by atoms with van der Waals surface area (Å²) in [6.07, 6.45) is 0.832. The first-order valence-corrected chi connectivity index (χ1v) is 8.03. The maximum Gasteiger partial charge on any atom is 0.0847 e. The lowest BCUT2D eigenvalue weighted by Crippen LogP contribution is -2.19. The third-order valence-corrected chi connectivity index (χ3v) is 5.97. The van der Waals surface area contributed by atoms with E-state index in [0.717, 1.165) is 22.8 Å². The minimum atomic E-state index is 0.252. The van der Waals surface area contributed by atoms with Gasteiger partial charge in [0.25, 0.3) is 0 Å². The second-order valence-corrected chi connectivity index (χ2v) is 7.40. The first kappa shape index (κ1) is 15.0. The highest BCUT2D eigenvalue weighted by atomic mass is 79.9. The number of halogens is 2. The average Bonchev–Trinajstić information content (AvgIpc) is 2.80. The summed E-state index contributed by atoms with van der Waals surface area (Å²) < 4.78 is 3.06. The van der Waals surface area contributed by atoms with Crippen LogP contribution in [0.15, 0.2) is 9.85 Å². The fourth-order valence-electron chi connectivity index (χ4n) is 2.10. The van der Waals surface area contributed by atoms with Crippen LogP contribution in [0.5, 0.6) is 0 Å². The summed E-state index contributed by atoms with van der Waals surface area (Å²) in [5, 5.41) is 8.50. The second-order valence-electron chi connectivity index (χ2n) is 4.62. The molecule has 1 unspecified atom stereocenters. The van der Waals surface area contributed by atoms with E-state index in [1.165, 1.54) is 14.2 Å². The molecule has 0 aliphatic carbocycles. The zero-order valence-electron chi connectivity index (χ0n) is 11.4. The van der Waals surface area contributed by atoms with Gasteiger partial charge in [0, 0.05) is 24.4 Å². The van der Waals surface area contributed by atoms with Crippen LogP contribution in [-0.4, -0.2) is 16.8 Å². The Morgan fingerprint density at radius 2 is 2.21 bits per heavy atom. The lowest BCUT2D eigenvalue weighted by Gasteiger charge is -2.15. The summed E-state index contributed by atoms with van der Waals surface area (Å²) in [5.41, 5.74) is 3.23. The molecule has 0 amide bonds. The van der Waals surface area contributed by atoms with Crippen molar-refractivity contribution in [2.75, 3.05) is 7.05 Å². The lowest BCUT2D eigenvalue weighted by atomic mass is 10.1. The van der Waals surface area contributed by atoms with Crippen molar-refractivity contribution in [3.05, 3.63) is 36.7 Å². The van der Waals surface area contributed by atoms with E-state index in [1.54, 1.807) is 11.3 Å². The summed E-state index contributed by atoms with van der Waals surface area (Å²) >= 11 is 11.7. The zero-order chi connectivity index (χ0) is 14.2. The monoisotopic (exact) mass is 361 g/mol. The largest absolute Gasteiger partial charge is 0.312 e. The van der Waals surface area contributed by atoms with Gasteiger partial charge in [-0.1, -0.05) is 11.6 Å². The Bertz CT molecular complexity index is 571. The number of likely N-dealkylation sites (N-methyl/N-ethyl adjacent to an activating group) is 1. The summed E-state index contributed by atoms with van der Waals surface area (Å²) in [4.78, 5) is 1.31. The van der Waals surface area contributed by atoms with E-state index in [9.17, 15) is 0 Å². The predicted molar refractivity (Wildman–Crippen MR) is 85.2 cm³/mol. The summed E-state index contributed by atoms with van der Waals surface area (Å²) in [6, 6.07) is 2.47. The second kappa shape index (κ2) is 5.95. The lowest BCUT2D eigenvalue weighted by molar-refractivity contribution is 0.569. The Balaban J connectivity index is 2.29. The molecule has 19 heavy (non-hydrogen) atoms. The number of aryl methyl sites for hydroxylation is 3. The highest BCUT2D eigenvalue weighted by Gasteiger charge is 2.19. The molecule has 1 N–H and O–H groups in total. The van der Waals surface area contributed by atoms with Crippen LogP contribution < -0.4 is 5.32 Å². The van der Waals surface area contributed by atoms with Gasteiger partial charge in [-0.05, 0) is 48.5 Å². The van der Waals surface area contributed by atoms with Crippen LogP contribution in [0.25, 0.3) is 0 Å². The van der Waals surface area contributed by atoms with Crippen LogP contribution in [-0.2, 0) is 13.5 Å². The van der Waals surface area contributed by atoms with Crippen LogP contribution in [0.4, 0.5) is 0 Å². The molecular formula is C13H17BrClN3S. The smallest absolute Gasteiger partial charge is 0.0847 e. The Hall–Kier alpha value is -0.360. The third-order valence-electron chi connectivity index (χ3n) is 3.23. The van der Waals surface area contributed by atoms with E-state index < -0.39 is 0 Å². The maximum absolute atomic E-state index is 6.32. The molecule has 0 saturated carbocycles. The third kappa shape index (κ3) is 3.05. The van der Waals surface area contributed by atoms with Crippen LogP contribution in [0.3, 0.4) is 0 Å². The van der Waals surface area contributed by atoms with Crippen molar-refractivity contribution in [1.82, 2.24) is 15.1 Å². The molecular weight excluding hydrogens is 346 g/mol. The van der Waals surface area contributed by atoms with Crippen molar-refractivity contribution in [2.45, 2.75) is 26.3 Å². The average molecular weight is 363 g/mol. The van der Waals surface area contributed by atoms with Crippen molar-refractivity contribution < 1.29 is 0 Å². The van der Waals surface area contributed by atoms with E-state index in [2.05, 4.69) is 39.3 Å². The van der Waals surface area contributed by atoms with Gasteiger partial charge in [-0.25, -0.2) is 0 Å². The molecule has 2 aromatic rings. The van der Waals surface area contributed by atoms with E-state index in [0.29, 0.717) is 0 Å². The van der Waals surface area contributed by atoms with Gasteiger partial charge in [0.05, 0.1) is 20.2 Å². The van der Waals surface area contributed by atoms with Crippen molar-refractivity contribution in [3.8, 4) is 0 Å². The van der Waals surface area contributed by atoms with Crippen LogP contribution in [0, 0.1) is 13.8 Å². The summed E-state index contributed by atoms with van der Waals surface area (Å²) in [6.45, 7) is 4.05. The van der Waals surface area contributed by atoms with Crippen molar-refractivity contribution >= 4 is 38.9 Å². The van der Waals surface area contributed by atoms with Gasteiger partial charge in [-0.3, -0.25) is 4.68 Å². The van der Waals surface area contributed by atoms with Crippen LogP contribution >= 0.6 is 38.9 Å². The molecule has 104 valence electrons. The van der Waals surface area contributed by atoms with Crippen molar-refractivity contribution in [3.63, 3.8) is 0 Å². The maximum atomic E-state index is 6.32. The summed E-state index contributed by atoms with van der Waals surface area (Å²) in [7, 11) is 3.92. The molecule has 0 bridgehead atoms. The van der Waals surface area contributed by atoms with E-state index in [4.69, 9.17) is 11.6 Å². The van der Waals surface area contributed by atoms with E-state index >= 15 is 0 Å². The molecule has 2 heterocycles. The highest BCUT2D eigenvalue weighted by molar-refractivity contribution is 9.11. The molecule has 0 fully saturated rings. The molecule has 0 aromatic carbocycles. The van der Waals surface area contributed by atoms with Crippen molar-refractivity contribution in [2.24, 2.45) is 7.05 Å². The Labute approximate surface area is 131 Å². The topological polar surface area (TPSA) is 29.9 Å². The van der Waals surface area contributed by atoms with E-state index in [-0.39, 0.29) is 6.04 Å². The molecule has 0 radical (unpaired) electrons. The van der Waals surface area contributed by atoms with E-state index in [1.807, 2.05) is 25.7 Å². The first-order chi connectivity index (χ1) is 8.93. The van der Waals surface area contributed by atoms with Gasteiger partial charge in [0.2, 0.25) is 0 Å². The highest BCUT2D eigenvalue weighted by Crippen LogP contribution is 2.33. The fourth-order valence-corrected chi connectivity index (χ4v) is 4.01. The molecule has 2 rings (SSSR count). The molecule has 0 spiro atoms. The number of aromatic nitrogens is 2. The summed E-state index contributed by atoms with van der Waals surface area (Å²) in [5.74, 6) is 0.